The lowest BCUT2D eigenvalue weighted by atomic mass is 10.1. The number of nitrogens with zero attached hydrogens (tertiary/aromatic N) is 2. The van der Waals surface area contributed by atoms with E-state index < -0.39 is 17.4 Å². The summed E-state index contributed by atoms with van der Waals surface area (Å²) in [6.45, 7) is 7.20. The van der Waals surface area contributed by atoms with Crippen LogP contribution in [0.25, 0.3) is 11.3 Å². The highest BCUT2D eigenvalue weighted by molar-refractivity contribution is 7.06. The second-order valence-corrected chi connectivity index (χ2v) is 10.2. The van der Waals surface area contributed by atoms with Crippen molar-refractivity contribution in [2.45, 2.75) is 58.7 Å². The van der Waals surface area contributed by atoms with E-state index in [4.69, 9.17) is 9.47 Å². The number of Topliss-reactive ketones (excluding diaryl/α,β-unsaturated/α-hetero) is 1. The lowest BCUT2D eigenvalue weighted by molar-refractivity contribution is 0.00646. The molecular weight excluding hydrogens is 455 g/mol. The van der Waals surface area contributed by atoms with Crippen molar-refractivity contribution in [1.82, 2.24) is 9.36 Å². The summed E-state index contributed by atoms with van der Waals surface area (Å²) in [6, 6.07) is 9.69. The van der Waals surface area contributed by atoms with Crippen molar-refractivity contribution in [3.8, 4) is 17.0 Å². The molecule has 1 atom stereocenters. The molecule has 0 saturated heterocycles. The van der Waals surface area contributed by atoms with Crippen molar-refractivity contribution < 1.29 is 23.5 Å². The maximum Gasteiger partial charge on any atom is 0.341 e. The molecule has 0 N–H and O–H groups in total. The van der Waals surface area contributed by atoms with Gasteiger partial charge in [0.2, 0.25) is 0 Å². The number of carbonyl (C=O) groups is 2. The number of ether oxygens (including phenoxy) is 2. The summed E-state index contributed by atoms with van der Waals surface area (Å²) in [7, 11) is 0. The van der Waals surface area contributed by atoms with E-state index in [-0.39, 0.29) is 23.4 Å². The number of carbonyl (C=O) groups excluding carboxylic acids is 2. The van der Waals surface area contributed by atoms with Gasteiger partial charge in [-0.15, -0.1) is 0 Å². The molecule has 34 heavy (non-hydrogen) atoms. The number of hydrogen-bond acceptors (Lipinski definition) is 7. The average molecular weight is 483 g/mol. The highest BCUT2D eigenvalue weighted by Gasteiger charge is 2.31. The molecule has 1 unspecified atom stereocenters. The van der Waals surface area contributed by atoms with Crippen molar-refractivity contribution in [3.05, 3.63) is 64.5 Å². The van der Waals surface area contributed by atoms with Crippen molar-refractivity contribution in [3.63, 3.8) is 0 Å². The SMILES string of the molecule is CCC(Oc1ccc(C(=O)C2CC2)nc1)c1cc(-c2ccc(C(=O)OC(C)(C)C)c(F)c2)ns1. The van der Waals surface area contributed by atoms with Gasteiger partial charge >= 0.3 is 5.97 Å². The number of pyridine rings is 1. The predicted molar refractivity (Wildman–Crippen MR) is 128 cm³/mol. The minimum Gasteiger partial charge on any atom is -0.483 e. The highest BCUT2D eigenvalue weighted by Crippen LogP contribution is 2.34. The van der Waals surface area contributed by atoms with Gasteiger partial charge in [0.15, 0.2) is 5.78 Å². The summed E-state index contributed by atoms with van der Waals surface area (Å²) >= 11 is 1.28. The first-order valence-corrected chi connectivity index (χ1v) is 12.1. The summed E-state index contributed by atoms with van der Waals surface area (Å²) < 4.78 is 30.4. The predicted octanol–water partition coefficient (Wildman–Crippen LogP) is 6.42. The van der Waals surface area contributed by atoms with E-state index in [2.05, 4.69) is 9.36 Å². The summed E-state index contributed by atoms with van der Waals surface area (Å²) in [5, 5.41) is 0. The number of ketones is 1. The molecule has 2 aromatic heterocycles. The van der Waals surface area contributed by atoms with Crippen LogP contribution in [0.2, 0.25) is 0 Å². The number of aromatic nitrogens is 2. The molecule has 178 valence electrons. The van der Waals surface area contributed by atoms with Gasteiger partial charge in [0.05, 0.1) is 22.3 Å². The van der Waals surface area contributed by atoms with E-state index in [0.717, 1.165) is 17.7 Å². The summed E-state index contributed by atoms with van der Waals surface area (Å²) in [5.41, 5.74) is 0.816. The fourth-order valence-corrected chi connectivity index (χ4v) is 4.27. The molecule has 1 aliphatic carbocycles. The molecule has 1 aliphatic rings. The van der Waals surface area contributed by atoms with E-state index >= 15 is 0 Å². The Labute approximate surface area is 202 Å². The fourth-order valence-electron chi connectivity index (χ4n) is 3.41. The normalized spacial score (nSPS) is 14.5. The van der Waals surface area contributed by atoms with Crippen molar-refractivity contribution >= 4 is 23.3 Å². The van der Waals surface area contributed by atoms with Crippen LogP contribution in [0.1, 0.15) is 78.8 Å². The molecule has 4 rings (SSSR count). The van der Waals surface area contributed by atoms with Gasteiger partial charge in [0.1, 0.15) is 29.0 Å². The minimum atomic E-state index is -0.705. The van der Waals surface area contributed by atoms with Crippen LogP contribution < -0.4 is 4.74 Å². The summed E-state index contributed by atoms with van der Waals surface area (Å²) in [4.78, 5) is 29.5. The zero-order valence-electron chi connectivity index (χ0n) is 19.6. The fraction of sp³-hybridized carbons (Fsp3) is 0.385. The standard InChI is InChI=1S/C26H27FN2O4S/c1-5-22(32-17-9-11-20(28-14-17)24(30)15-6-7-15)23-13-21(29-34-23)16-8-10-18(19(27)12-16)25(31)33-26(2,3)4/h8-15,22H,5-7H2,1-4H3. The minimum absolute atomic E-state index is 0.0932. The Morgan fingerprint density at radius 1 is 1.18 bits per heavy atom. The van der Waals surface area contributed by atoms with Gasteiger partial charge in [0, 0.05) is 11.5 Å². The Kier molecular flexibility index (Phi) is 6.79. The summed E-state index contributed by atoms with van der Waals surface area (Å²) in [5.74, 6) is -0.566. The summed E-state index contributed by atoms with van der Waals surface area (Å²) in [6.07, 6.45) is 3.89. The lowest BCUT2D eigenvalue weighted by Gasteiger charge is -2.19. The Morgan fingerprint density at radius 2 is 1.94 bits per heavy atom. The van der Waals surface area contributed by atoms with Gasteiger partial charge in [-0.25, -0.2) is 14.2 Å². The first-order valence-electron chi connectivity index (χ1n) is 11.3. The van der Waals surface area contributed by atoms with Crippen LogP contribution in [0.15, 0.2) is 42.6 Å². The molecule has 1 aromatic carbocycles. The van der Waals surface area contributed by atoms with E-state index in [0.29, 0.717) is 29.1 Å². The van der Waals surface area contributed by atoms with E-state index in [1.54, 1.807) is 45.2 Å². The lowest BCUT2D eigenvalue weighted by Crippen LogP contribution is -2.24. The molecule has 1 saturated carbocycles. The van der Waals surface area contributed by atoms with Crippen LogP contribution >= 0.6 is 11.5 Å². The van der Waals surface area contributed by atoms with Gasteiger partial charge < -0.3 is 9.47 Å². The van der Waals surface area contributed by atoms with E-state index in [1.165, 1.54) is 23.7 Å². The Morgan fingerprint density at radius 3 is 2.53 bits per heavy atom. The monoisotopic (exact) mass is 482 g/mol. The van der Waals surface area contributed by atoms with Crippen LogP contribution in [-0.2, 0) is 4.74 Å². The molecule has 6 nitrogen and oxygen atoms in total. The zero-order valence-corrected chi connectivity index (χ0v) is 20.4. The van der Waals surface area contributed by atoms with Gasteiger partial charge in [-0.3, -0.25) is 4.79 Å². The zero-order chi connectivity index (χ0) is 24.5. The van der Waals surface area contributed by atoms with Crippen LogP contribution in [0.4, 0.5) is 4.39 Å². The Bertz CT molecular complexity index is 1200. The van der Waals surface area contributed by atoms with Crippen molar-refractivity contribution in [1.29, 1.82) is 0 Å². The topological polar surface area (TPSA) is 78.4 Å². The quantitative estimate of drug-likeness (QED) is 0.272. The third-order valence-corrected chi connectivity index (χ3v) is 6.19. The smallest absolute Gasteiger partial charge is 0.341 e. The van der Waals surface area contributed by atoms with Gasteiger partial charge in [-0.1, -0.05) is 13.0 Å². The number of hydrogen-bond donors (Lipinski definition) is 0. The largest absolute Gasteiger partial charge is 0.483 e. The maximum atomic E-state index is 14.6. The number of esters is 1. The maximum absolute atomic E-state index is 14.6. The Hall–Kier alpha value is -3.13. The molecule has 0 aliphatic heterocycles. The second-order valence-electron chi connectivity index (χ2n) is 9.34. The number of halogens is 1. The van der Waals surface area contributed by atoms with Crippen molar-refractivity contribution in [2.24, 2.45) is 5.92 Å². The van der Waals surface area contributed by atoms with Crippen LogP contribution in [0, 0.1) is 11.7 Å². The number of benzene rings is 1. The van der Waals surface area contributed by atoms with Crippen LogP contribution in [0.3, 0.4) is 0 Å². The second kappa shape index (κ2) is 9.62. The van der Waals surface area contributed by atoms with Crippen molar-refractivity contribution in [2.75, 3.05) is 0 Å². The van der Waals surface area contributed by atoms with Gasteiger partial charge in [0.25, 0.3) is 0 Å². The molecule has 0 bridgehead atoms. The molecule has 0 spiro atoms. The number of rotatable bonds is 8. The van der Waals surface area contributed by atoms with Gasteiger partial charge in [-0.2, -0.15) is 4.37 Å². The van der Waals surface area contributed by atoms with E-state index in [1.807, 2.05) is 13.0 Å². The molecule has 8 heteroatoms. The molecule has 0 amide bonds. The molecular formula is C26H27FN2O4S. The molecule has 0 radical (unpaired) electrons. The third kappa shape index (κ3) is 5.67. The third-order valence-electron chi connectivity index (χ3n) is 5.32. The van der Waals surface area contributed by atoms with Crippen LogP contribution in [-0.4, -0.2) is 26.7 Å². The average Bonchev–Trinajstić information content (AvgIpc) is 3.52. The Balaban J connectivity index is 1.46. The molecule has 3 aromatic rings. The first-order chi connectivity index (χ1) is 16.1. The molecule has 2 heterocycles. The van der Waals surface area contributed by atoms with Crippen LogP contribution in [0.5, 0.6) is 5.75 Å². The highest BCUT2D eigenvalue weighted by atomic mass is 32.1. The van der Waals surface area contributed by atoms with E-state index in [9.17, 15) is 14.0 Å². The molecule has 1 fully saturated rings. The van der Waals surface area contributed by atoms with Gasteiger partial charge in [-0.05, 0) is 81.9 Å². The first kappa shape index (κ1) is 24.0.